The number of aryl methyl sites for hydroxylation is 1. The molecule has 0 spiro atoms. The summed E-state index contributed by atoms with van der Waals surface area (Å²) in [5, 5.41) is 20.2. The van der Waals surface area contributed by atoms with Crippen LogP contribution >= 0.6 is 0 Å². The number of carbonyl (C=O) groups is 1. The van der Waals surface area contributed by atoms with Gasteiger partial charge in [0.15, 0.2) is 5.82 Å². The van der Waals surface area contributed by atoms with Crippen LogP contribution in [-0.4, -0.2) is 31.3 Å². The Morgan fingerprint density at radius 1 is 1.20 bits per heavy atom. The molecule has 3 N–H and O–H groups in total. The summed E-state index contributed by atoms with van der Waals surface area (Å²) in [6.45, 7) is 0.673. The quantitative estimate of drug-likeness (QED) is 0.586. The number of aromatic nitrogens is 4. The Balaban J connectivity index is 1.92. The van der Waals surface area contributed by atoms with Crippen LogP contribution in [0.5, 0.6) is 0 Å². The Morgan fingerprint density at radius 2 is 1.95 bits per heavy atom. The van der Waals surface area contributed by atoms with Gasteiger partial charge < -0.3 is 10.8 Å². The Labute approximate surface area is 116 Å². The lowest BCUT2D eigenvalue weighted by Crippen LogP contribution is -2.03. The monoisotopic (exact) mass is 275 g/mol. The van der Waals surface area contributed by atoms with Crippen molar-refractivity contribution >= 4 is 11.7 Å². The minimum atomic E-state index is -0.755. The van der Waals surface area contributed by atoms with Gasteiger partial charge in [-0.25, -0.2) is 4.68 Å². The Bertz CT molecular complexity index is 564. The van der Waals surface area contributed by atoms with Crippen LogP contribution in [0.15, 0.2) is 24.3 Å². The first-order valence-corrected chi connectivity index (χ1v) is 6.50. The maximum atomic E-state index is 10.4. The molecular formula is C13H17N5O2. The van der Waals surface area contributed by atoms with Crippen LogP contribution in [0.3, 0.4) is 0 Å². The van der Waals surface area contributed by atoms with E-state index in [1.165, 1.54) is 0 Å². The van der Waals surface area contributed by atoms with Gasteiger partial charge >= 0.3 is 5.97 Å². The lowest BCUT2D eigenvalue weighted by Gasteiger charge is -2.04. The number of rotatable bonds is 7. The Hall–Kier alpha value is -2.44. The highest BCUT2D eigenvalue weighted by Gasteiger charge is 2.08. The van der Waals surface area contributed by atoms with E-state index in [0.29, 0.717) is 24.5 Å². The first-order chi connectivity index (χ1) is 9.66. The van der Waals surface area contributed by atoms with Gasteiger partial charge in [0.1, 0.15) is 0 Å². The SMILES string of the molecule is Nc1ccc(-c2nnnn2CCCCCC(=O)O)cc1. The van der Waals surface area contributed by atoms with Crippen molar-refractivity contribution in [3.8, 4) is 11.4 Å². The molecule has 0 bridgehead atoms. The van der Waals surface area contributed by atoms with Crippen LogP contribution in [0.25, 0.3) is 11.4 Å². The molecule has 0 saturated carbocycles. The van der Waals surface area contributed by atoms with Gasteiger partial charge in [0.2, 0.25) is 0 Å². The summed E-state index contributed by atoms with van der Waals surface area (Å²) in [4.78, 5) is 10.4. The molecule has 1 aromatic heterocycles. The van der Waals surface area contributed by atoms with E-state index in [2.05, 4.69) is 15.5 Å². The smallest absolute Gasteiger partial charge is 0.303 e. The highest BCUT2D eigenvalue weighted by molar-refractivity contribution is 5.66. The molecule has 0 aliphatic rings. The van der Waals surface area contributed by atoms with Crippen molar-refractivity contribution in [1.29, 1.82) is 0 Å². The topological polar surface area (TPSA) is 107 Å². The molecule has 0 radical (unpaired) electrons. The molecule has 20 heavy (non-hydrogen) atoms. The van der Waals surface area contributed by atoms with E-state index in [9.17, 15) is 4.79 Å². The van der Waals surface area contributed by atoms with Crippen molar-refractivity contribution in [2.24, 2.45) is 0 Å². The summed E-state index contributed by atoms with van der Waals surface area (Å²) >= 11 is 0. The number of nitrogens with zero attached hydrogens (tertiary/aromatic N) is 4. The first kappa shape index (κ1) is 14.0. The number of carboxylic acids is 1. The minimum absolute atomic E-state index is 0.209. The fourth-order valence-corrected chi connectivity index (χ4v) is 1.91. The summed E-state index contributed by atoms with van der Waals surface area (Å²) in [6.07, 6.45) is 2.57. The molecule has 1 heterocycles. The van der Waals surface area contributed by atoms with E-state index in [1.807, 2.05) is 12.1 Å². The summed E-state index contributed by atoms with van der Waals surface area (Å²) in [6, 6.07) is 7.37. The van der Waals surface area contributed by atoms with Gasteiger partial charge in [0, 0.05) is 24.2 Å². The highest BCUT2D eigenvalue weighted by Crippen LogP contribution is 2.17. The van der Waals surface area contributed by atoms with Gasteiger partial charge in [-0.15, -0.1) is 5.10 Å². The van der Waals surface area contributed by atoms with E-state index < -0.39 is 5.97 Å². The van der Waals surface area contributed by atoms with Crippen LogP contribution in [0, 0.1) is 0 Å². The number of unbranched alkanes of at least 4 members (excludes halogenated alkanes) is 2. The van der Waals surface area contributed by atoms with E-state index in [-0.39, 0.29) is 6.42 Å². The molecular weight excluding hydrogens is 258 g/mol. The second kappa shape index (κ2) is 6.65. The number of nitrogen functional groups attached to an aromatic ring is 1. The standard InChI is InChI=1S/C13H17N5O2/c14-11-7-5-10(6-8-11)13-15-16-17-18(13)9-3-1-2-4-12(19)20/h5-8H,1-4,9,14H2,(H,19,20). The van der Waals surface area contributed by atoms with Crippen molar-refractivity contribution < 1.29 is 9.90 Å². The van der Waals surface area contributed by atoms with Crippen LogP contribution in [-0.2, 0) is 11.3 Å². The molecule has 0 amide bonds. The molecule has 0 aliphatic carbocycles. The highest BCUT2D eigenvalue weighted by atomic mass is 16.4. The molecule has 0 aliphatic heterocycles. The second-order valence-electron chi connectivity index (χ2n) is 4.55. The van der Waals surface area contributed by atoms with Crippen LogP contribution in [0.2, 0.25) is 0 Å². The average molecular weight is 275 g/mol. The fourth-order valence-electron chi connectivity index (χ4n) is 1.91. The van der Waals surface area contributed by atoms with Crippen molar-refractivity contribution in [2.45, 2.75) is 32.2 Å². The molecule has 0 unspecified atom stereocenters. The molecule has 7 nitrogen and oxygen atoms in total. The molecule has 0 atom stereocenters. The van der Waals surface area contributed by atoms with Gasteiger partial charge in [0.05, 0.1) is 0 Å². The zero-order valence-electron chi connectivity index (χ0n) is 11.1. The Kier molecular flexibility index (Phi) is 4.65. The fraction of sp³-hybridized carbons (Fsp3) is 0.385. The lowest BCUT2D eigenvalue weighted by molar-refractivity contribution is -0.137. The number of anilines is 1. The number of tetrazole rings is 1. The number of hydrogen-bond acceptors (Lipinski definition) is 5. The predicted molar refractivity (Wildman–Crippen MR) is 73.8 cm³/mol. The van der Waals surface area contributed by atoms with Crippen LogP contribution in [0.1, 0.15) is 25.7 Å². The summed E-state index contributed by atoms with van der Waals surface area (Å²) < 4.78 is 1.73. The predicted octanol–water partition coefficient (Wildman–Crippen LogP) is 1.57. The maximum Gasteiger partial charge on any atom is 0.303 e. The minimum Gasteiger partial charge on any atom is -0.481 e. The number of benzene rings is 1. The molecule has 106 valence electrons. The second-order valence-corrected chi connectivity index (χ2v) is 4.55. The van der Waals surface area contributed by atoms with Crippen molar-refractivity contribution in [1.82, 2.24) is 20.2 Å². The van der Waals surface area contributed by atoms with E-state index >= 15 is 0 Å². The third kappa shape index (κ3) is 3.78. The maximum absolute atomic E-state index is 10.4. The number of nitrogens with two attached hydrogens (primary N) is 1. The first-order valence-electron chi connectivity index (χ1n) is 6.50. The zero-order valence-corrected chi connectivity index (χ0v) is 11.1. The number of aliphatic carboxylic acids is 1. The number of hydrogen-bond donors (Lipinski definition) is 2. The van der Waals surface area contributed by atoms with Crippen LogP contribution < -0.4 is 5.73 Å². The van der Waals surface area contributed by atoms with E-state index in [0.717, 1.165) is 18.4 Å². The summed E-state index contributed by atoms with van der Waals surface area (Å²) in [5.41, 5.74) is 7.26. The van der Waals surface area contributed by atoms with Crippen LogP contribution in [0.4, 0.5) is 5.69 Å². The third-order valence-corrected chi connectivity index (χ3v) is 2.96. The molecule has 0 saturated heterocycles. The van der Waals surface area contributed by atoms with Crippen molar-refractivity contribution in [3.63, 3.8) is 0 Å². The van der Waals surface area contributed by atoms with E-state index in [1.54, 1.807) is 16.8 Å². The van der Waals surface area contributed by atoms with Gasteiger partial charge in [0.25, 0.3) is 0 Å². The van der Waals surface area contributed by atoms with E-state index in [4.69, 9.17) is 10.8 Å². The van der Waals surface area contributed by atoms with Gasteiger partial charge in [-0.1, -0.05) is 6.42 Å². The molecule has 1 aromatic carbocycles. The summed E-state index contributed by atoms with van der Waals surface area (Å²) in [5.74, 6) is -0.0572. The van der Waals surface area contributed by atoms with Gasteiger partial charge in [-0.2, -0.15) is 0 Å². The number of carboxylic acid groups (broad SMARTS) is 1. The molecule has 0 fully saturated rings. The molecule has 2 aromatic rings. The molecule has 2 rings (SSSR count). The largest absolute Gasteiger partial charge is 0.481 e. The average Bonchev–Trinajstić information content (AvgIpc) is 2.87. The lowest BCUT2D eigenvalue weighted by atomic mass is 10.2. The zero-order chi connectivity index (χ0) is 14.4. The normalized spacial score (nSPS) is 10.6. The third-order valence-electron chi connectivity index (χ3n) is 2.96. The van der Waals surface area contributed by atoms with Crippen molar-refractivity contribution in [2.75, 3.05) is 5.73 Å². The van der Waals surface area contributed by atoms with Gasteiger partial charge in [-0.05, 0) is 47.5 Å². The Morgan fingerprint density at radius 3 is 2.65 bits per heavy atom. The van der Waals surface area contributed by atoms with Crippen molar-refractivity contribution in [3.05, 3.63) is 24.3 Å². The molecule has 7 heteroatoms. The van der Waals surface area contributed by atoms with Gasteiger partial charge in [-0.3, -0.25) is 4.79 Å². The summed E-state index contributed by atoms with van der Waals surface area (Å²) in [7, 11) is 0.